The maximum atomic E-state index is 12.8. The van der Waals surface area contributed by atoms with Gasteiger partial charge in [0.15, 0.2) is 0 Å². The van der Waals surface area contributed by atoms with Gasteiger partial charge in [-0.1, -0.05) is 0 Å². The van der Waals surface area contributed by atoms with E-state index in [1.165, 1.54) is 12.1 Å². The molecule has 0 aliphatic carbocycles. The molecule has 8 heteroatoms. The normalized spacial score (nSPS) is 17.2. The van der Waals surface area contributed by atoms with Gasteiger partial charge in [0, 0.05) is 43.9 Å². The van der Waals surface area contributed by atoms with E-state index in [0.29, 0.717) is 25.9 Å². The second-order valence-corrected chi connectivity index (χ2v) is 7.60. The van der Waals surface area contributed by atoms with E-state index in [-0.39, 0.29) is 11.5 Å². The second kappa shape index (κ2) is 7.65. The predicted molar refractivity (Wildman–Crippen MR) is 103 cm³/mol. The minimum atomic E-state index is -4.41. The van der Waals surface area contributed by atoms with Crippen molar-refractivity contribution in [1.29, 1.82) is 0 Å². The highest BCUT2D eigenvalue weighted by atomic mass is 19.4. The molecule has 0 spiro atoms. The average molecular weight is 404 g/mol. The van der Waals surface area contributed by atoms with E-state index in [4.69, 9.17) is 4.98 Å². The lowest BCUT2D eigenvalue weighted by Gasteiger charge is -2.20. The minimum Gasteiger partial charge on any atom is -0.341 e. The number of hydrogen-bond acceptors (Lipinski definition) is 4. The van der Waals surface area contributed by atoms with Crippen LogP contribution in [0.15, 0.2) is 24.3 Å². The van der Waals surface area contributed by atoms with Crippen LogP contribution >= 0.6 is 0 Å². The van der Waals surface area contributed by atoms with Crippen molar-refractivity contribution in [3.05, 3.63) is 52.3 Å². The lowest BCUT2D eigenvalue weighted by atomic mass is 10.1. The summed E-state index contributed by atoms with van der Waals surface area (Å²) in [5.74, 6) is 0.512. The summed E-state index contributed by atoms with van der Waals surface area (Å²) in [4.78, 5) is 26.2. The summed E-state index contributed by atoms with van der Waals surface area (Å²) in [7, 11) is 0. The maximum absolute atomic E-state index is 12.8. The summed E-state index contributed by atoms with van der Waals surface area (Å²) in [5.41, 5.74) is 2.51. The predicted octanol–water partition coefficient (Wildman–Crippen LogP) is 3.65. The van der Waals surface area contributed by atoms with Gasteiger partial charge in [0.05, 0.1) is 11.3 Å². The van der Waals surface area contributed by atoms with Crippen LogP contribution in [0.2, 0.25) is 0 Å². The van der Waals surface area contributed by atoms with Crippen LogP contribution in [0.25, 0.3) is 0 Å². The van der Waals surface area contributed by atoms with Crippen molar-refractivity contribution in [2.45, 2.75) is 38.8 Å². The van der Waals surface area contributed by atoms with Gasteiger partial charge in [-0.2, -0.15) is 13.2 Å². The number of alkyl halides is 3. The molecule has 29 heavy (non-hydrogen) atoms. The first kappa shape index (κ1) is 19.7. The van der Waals surface area contributed by atoms with E-state index >= 15 is 0 Å². The molecule has 1 aromatic carbocycles. The fourth-order valence-corrected chi connectivity index (χ4v) is 4.02. The van der Waals surface area contributed by atoms with E-state index in [1.54, 1.807) is 4.90 Å². The van der Waals surface area contributed by atoms with Gasteiger partial charge in [0.25, 0.3) is 5.91 Å². The number of carbonyl (C=O) groups excluding carboxylic acids is 1. The number of hydrogen-bond donors (Lipinski definition) is 0. The summed E-state index contributed by atoms with van der Waals surface area (Å²) >= 11 is 0. The Morgan fingerprint density at radius 3 is 2.28 bits per heavy atom. The Morgan fingerprint density at radius 2 is 1.62 bits per heavy atom. The van der Waals surface area contributed by atoms with E-state index in [0.717, 1.165) is 61.0 Å². The molecule has 0 saturated carbocycles. The fourth-order valence-electron chi connectivity index (χ4n) is 4.02. The topological polar surface area (TPSA) is 49.3 Å². The van der Waals surface area contributed by atoms with Crippen LogP contribution in [-0.4, -0.2) is 47.0 Å². The molecule has 1 fully saturated rings. The van der Waals surface area contributed by atoms with Gasteiger partial charge in [-0.05, 0) is 56.0 Å². The first-order valence-corrected chi connectivity index (χ1v) is 9.91. The van der Waals surface area contributed by atoms with Crippen molar-refractivity contribution >= 4 is 11.9 Å². The highest BCUT2D eigenvalue weighted by molar-refractivity contribution is 5.94. The number of aryl methyl sites for hydroxylation is 1. The summed E-state index contributed by atoms with van der Waals surface area (Å²) < 4.78 is 38.3. The summed E-state index contributed by atoms with van der Waals surface area (Å²) in [6.45, 7) is 4.91. The van der Waals surface area contributed by atoms with E-state index in [1.807, 2.05) is 6.92 Å². The lowest BCUT2D eigenvalue weighted by Crippen LogP contribution is -2.33. The SMILES string of the molecule is Cc1nc(N2CCCC2)nc2c1CCN(C(=O)c1ccc(C(F)(F)F)cc1)CC2. The van der Waals surface area contributed by atoms with E-state index in [2.05, 4.69) is 9.88 Å². The molecule has 0 bridgehead atoms. The molecule has 0 unspecified atom stereocenters. The molecule has 4 rings (SSSR count). The zero-order chi connectivity index (χ0) is 20.6. The van der Waals surface area contributed by atoms with Gasteiger partial charge in [-0.15, -0.1) is 0 Å². The van der Waals surface area contributed by atoms with Crippen LogP contribution in [0.3, 0.4) is 0 Å². The Labute approximate surface area is 167 Å². The largest absolute Gasteiger partial charge is 0.416 e. The number of nitrogens with zero attached hydrogens (tertiary/aromatic N) is 4. The van der Waals surface area contributed by atoms with Gasteiger partial charge in [0.2, 0.25) is 5.95 Å². The Kier molecular flexibility index (Phi) is 5.19. The third-order valence-corrected chi connectivity index (χ3v) is 5.67. The van der Waals surface area contributed by atoms with Crippen molar-refractivity contribution in [3.8, 4) is 0 Å². The van der Waals surface area contributed by atoms with Crippen LogP contribution < -0.4 is 4.90 Å². The summed E-state index contributed by atoms with van der Waals surface area (Å²) in [6, 6.07) is 4.41. The van der Waals surface area contributed by atoms with Gasteiger partial charge < -0.3 is 9.80 Å². The Bertz CT molecular complexity index is 905. The van der Waals surface area contributed by atoms with Crippen LogP contribution in [0.4, 0.5) is 19.1 Å². The van der Waals surface area contributed by atoms with Crippen molar-refractivity contribution in [2.24, 2.45) is 0 Å². The highest BCUT2D eigenvalue weighted by Crippen LogP contribution is 2.29. The molecule has 5 nitrogen and oxygen atoms in total. The molecular formula is C21H23F3N4O. The standard InChI is InChI=1S/C21H23F3N4O/c1-14-17-8-12-27(19(29)15-4-6-16(7-5-15)21(22,23)24)13-9-18(17)26-20(25-14)28-10-2-3-11-28/h4-7H,2-3,8-13H2,1H3. The van der Waals surface area contributed by atoms with Crippen LogP contribution in [0.5, 0.6) is 0 Å². The quantitative estimate of drug-likeness (QED) is 0.767. The summed E-state index contributed by atoms with van der Waals surface area (Å²) in [5, 5.41) is 0. The zero-order valence-corrected chi connectivity index (χ0v) is 16.3. The van der Waals surface area contributed by atoms with Gasteiger partial charge >= 0.3 is 6.18 Å². The molecule has 1 aromatic heterocycles. The van der Waals surface area contributed by atoms with Gasteiger partial charge in [-0.3, -0.25) is 4.79 Å². The maximum Gasteiger partial charge on any atom is 0.416 e. The first-order chi connectivity index (χ1) is 13.8. The van der Waals surface area contributed by atoms with E-state index in [9.17, 15) is 18.0 Å². The van der Waals surface area contributed by atoms with Crippen molar-refractivity contribution in [1.82, 2.24) is 14.9 Å². The smallest absolute Gasteiger partial charge is 0.341 e. The third-order valence-electron chi connectivity index (χ3n) is 5.67. The van der Waals surface area contributed by atoms with Crippen LogP contribution in [-0.2, 0) is 19.0 Å². The van der Waals surface area contributed by atoms with Crippen LogP contribution in [0, 0.1) is 6.92 Å². The van der Waals surface area contributed by atoms with Crippen molar-refractivity contribution < 1.29 is 18.0 Å². The Hall–Kier alpha value is -2.64. The number of rotatable bonds is 2. The lowest BCUT2D eigenvalue weighted by molar-refractivity contribution is -0.137. The number of halogens is 3. The summed E-state index contributed by atoms with van der Waals surface area (Å²) in [6.07, 6.45) is -0.849. The molecule has 0 N–H and O–H groups in total. The number of fused-ring (bicyclic) bond motifs is 1. The first-order valence-electron chi connectivity index (χ1n) is 9.91. The van der Waals surface area contributed by atoms with Crippen molar-refractivity contribution in [3.63, 3.8) is 0 Å². The molecule has 0 atom stereocenters. The molecule has 3 heterocycles. The van der Waals surface area contributed by atoms with Gasteiger partial charge in [-0.25, -0.2) is 9.97 Å². The fraction of sp³-hybridized carbons (Fsp3) is 0.476. The minimum absolute atomic E-state index is 0.253. The molecular weight excluding hydrogens is 381 g/mol. The molecule has 0 radical (unpaired) electrons. The monoisotopic (exact) mass is 404 g/mol. The Balaban J connectivity index is 1.50. The number of aromatic nitrogens is 2. The number of anilines is 1. The second-order valence-electron chi connectivity index (χ2n) is 7.60. The van der Waals surface area contributed by atoms with Gasteiger partial charge in [0.1, 0.15) is 0 Å². The molecule has 1 amide bonds. The van der Waals surface area contributed by atoms with Crippen molar-refractivity contribution in [2.75, 3.05) is 31.1 Å². The molecule has 2 aromatic rings. The Morgan fingerprint density at radius 1 is 0.966 bits per heavy atom. The number of amides is 1. The average Bonchev–Trinajstić information content (AvgIpc) is 3.14. The molecule has 1 saturated heterocycles. The zero-order valence-electron chi connectivity index (χ0n) is 16.3. The molecule has 2 aliphatic rings. The molecule has 154 valence electrons. The molecule has 2 aliphatic heterocycles. The van der Waals surface area contributed by atoms with Crippen LogP contribution in [0.1, 0.15) is 45.7 Å². The third kappa shape index (κ3) is 4.06. The number of carbonyl (C=O) groups is 1. The highest BCUT2D eigenvalue weighted by Gasteiger charge is 2.31. The number of benzene rings is 1. The van der Waals surface area contributed by atoms with E-state index < -0.39 is 11.7 Å².